The number of hydrogen-bond acceptors (Lipinski definition) is 5. The van der Waals surface area contributed by atoms with E-state index in [1.807, 2.05) is 58.3 Å². The molecule has 3 aromatic rings. The lowest BCUT2D eigenvalue weighted by Gasteiger charge is -2.33. The minimum absolute atomic E-state index is 0.0251. The van der Waals surface area contributed by atoms with Gasteiger partial charge in [0.1, 0.15) is 5.69 Å². The van der Waals surface area contributed by atoms with Crippen molar-refractivity contribution >= 4 is 22.2 Å². The van der Waals surface area contributed by atoms with Crippen LogP contribution < -0.4 is 10.9 Å². The summed E-state index contributed by atoms with van der Waals surface area (Å²) in [6, 6.07) is 10.8. The highest BCUT2D eigenvalue weighted by Crippen LogP contribution is 2.26. The number of carbonyl (C=O) groups excluding carboxylic acids is 1. The Morgan fingerprint density at radius 1 is 1.22 bits per heavy atom. The van der Waals surface area contributed by atoms with Crippen LogP contribution >= 0.6 is 11.3 Å². The molecule has 0 saturated carbocycles. The van der Waals surface area contributed by atoms with E-state index in [1.54, 1.807) is 0 Å². The van der Waals surface area contributed by atoms with Crippen molar-refractivity contribution in [2.45, 2.75) is 38.9 Å². The molecule has 3 unspecified atom stereocenters. The van der Waals surface area contributed by atoms with E-state index in [-0.39, 0.29) is 11.9 Å². The van der Waals surface area contributed by atoms with Crippen LogP contribution in [0.5, 0.6) is 0 Å². The van der Waals surface area contributed by atoms with Gasteiger partial charge >= 0.3 is 0 Å². The van der Waals surface area contributed by atoms with Gasteiger partial charge < -0.3 is 4.90 Å². The topological polar surface area (TPSA) is 61.7 Å². The highest BCUT2D eigenvalue weighted by molar-refractivity contribution is 7.15. The first kappa shape index (κ1) is 18.2. The third-order valence-corrected chi connectivity index (χ3v) is 6.52. The molecular formula is C20H25N5OS. The molecule has 0 bridgehead atoms. The van der Waals surface area contributed by atoms with E-state index in [0.29, 0.717) is 23.7 Å². The monoisotopic (exact) mass is 383 g/mol. The Hall–Kier alpha value is -2.22. The summed E-state index contributed by atoms with van der Waals surface area (Å²) in [5.74, 6) is 0.368. The molecule has 1 fully saturated rings. The van der Waals surface area contributed by atoms with Gasteiger partial charge in [-0.25, -0.2) is 4.98 Å². The number of nitrogens with one attached hydrogen (secondary N) is 2. The molecule has 6 nitrogen and oxygen atoms in total. The van der Waals surface area contributed by atoms with Gasteiger partial charge in [0.2, 0.25) is 0 Å². The number of aromatic nitrogens is 2. The highest BCUT2D eigenvalue weighted by atomic mass is 32.1. The zero-order chi connectivity index (χ0) is 19.1. The second kappa shape index (κ2) is 7.07. The van der Waals surface area contributed by atoms with Crippen molar-refractivity contribution in [3.8, 4) is 11.3 Å². The van der Waals surface area contributed by atoms with Gasteiger partial charge in [0, 0.05) is 48.2 Å². The van der Waals surface area contributed by atoms with Crippen LogP contribution in [0.15, 0.2) is 41.9 Å². The Balaban J connectivity index is 1.61. The van der Waals surface area contributed by atoms with Crippen LogP contribution in [-0.2, 0) is 0 Å². The predicted molar refractivity (Wildman–Crippen MR) is 109 cm³/mol. The van der Waals surface area contributed by atoms with Crippen molar-refractivity contribution in [2.24, 2.45) is 5.92 Å². The van der Waals surface area contributed by atoms with Gasteiger partial charge in [0.05, 0.1) is 5.69 Å². The fourth-order valence-corrected chi connectivity index (χ4v) is 4.88. The van der Waals surface area contributed by atoms with Crippen molar-refractivity contribution in [1.82, 2.24) is 25.1 Å². The van der Waals surface area contributed by atoms with E-state index in [0.717, 1.165) is 16.2 Å². The molecule has 142 valence electrons. The number of imidazole rings is 1. The molecule has 0 aliphatic carbocycles. The van der Waals surface area contributed by atoms with Gasteiger partial charge in [-0.15, -0.1) is 11.3 Å². The largest absolute Gasteiger partial charge is 0.337 e. The van der Waals surface area contributed by atoms with E-state index < -0.39 is 0 Å². The number of carbonyl (C=O) groups is 1. The SMILES string of the molecule is CC1NNC(C)C1C(C)N(C)C(=O)c1csc2nc(-c3ccccc3)cn12. The van der Waals surface area contributed by atoms with Gasteiger partial charge in [-0.2, -0.15) is 0 Å². The molecular weight excluding hydrogens is 358 g/mol. The number of amides is 1. The Labute approximate surface area is 163 Å². The summed E-state index contributed by atoms with van der Waals surface area (Å²) < 4.78 is 1.91. The van der Waals surface area contributed by atoms with Gasteiger partial charge in [-0.3, -0.25) is 20.0 Å². The maximum Gasteiger partial charge on any atom is 0.271 e. The van der Waals surface area contributed by atoms with Crippen LogP contribution in [0.25, 0.3) is 16.2 Å². The van der Waals surface area contributed by atoms with Crippen molar-refractivity contribution in [1.29, 1.82) is 0 Å². The lowest BCUT2D eigenvalue weighted by molar-refractivity contribution is 0.0672. The quantitative estimate of drug-likeness (QED) is 0.727. The molecule has 2 N–H and O–H groups in total. The Morgan fingerprint density at radius 2 is 1.89 bits per heavy atom. The van der Waals surface area contributed by atoms with Crippen LogP contribution in [0.4, 0.5) is 0 Å². The number of benzene rings is 1. The van der Waals surface area contributed by atoms with Crippen LogP contribution in [0.1, 0.15) is 31.3 Å². The number of thiazole rings is 1. The minimum Gasteiger partial charge on any atom is -0.337 e. The van der Waals surface area contributed by atoms with Gasteiger partial charge in [0.25, 0.3) is 5.91 Å². The normalized spacial score (nSPS) is 23.6. The number of hydrogen-bond donors (Lipinski definition) is 2. The van der Waals surface area contributed by atoms with Gasteiger partial charge in [-0.1, -0.05) is 30.3 Å². The van der Waals surface area contributed by atoms with Crippen molar-refractivity contribution in [3.63, 3.8) is 0 Å². The standard InChI is InChI=1S/C20H25N5OS/c1-12-18(13(2)23-22-12)14(3)24(4)19(26)17-11-27-20-21-16(10-25(17)20)15-8-6-5-7-9-15/h5-14,18,22-23H,1-4H3. The molecule has 3 heterocycles. The lowest BCUT2D eigenvalue weighted by atomic mass is 9.89. The molecule has 27 heavy (non-hydrogen) atoms. The zero-order valence-corrected chi connectivity index (χ0v) is 16.8. The molecule has 1 aliphatic rings. The molecule has 3 atom stereocenters. The van der Waals surface area contributed by atoms with Crippen molar-refractivity contribution < 1.29 is 4.79 Å². The summed E-state index contributed by atoms with van der Waals surface area (Å²) in [5.41, 5.74) is 9.17. The summed E-state index contributed by atoms with van der Waals surface area (Å²) in [6.45, 7) is 6.43. The molecule has 1 saturated heterocycles. The average Bonchev–Trinajstić information content (AvgIpc) is 3.35. The molecule has 0 radical (unpaired) electrons. The maximum atomic E-state index is 13.2. The second-order valence-electron chi connectivity index (χ2n) is 7.37. The van der Waals surface area contributed by atoms with Gasteiger partial charge in [0.15, 0.2) is 4.96 Å². The summed E-state index contributed by atoms with van der Waals surface area (Å²) in [4.78, 5) is 20.6. The van der Waals surface area contributed by atoms with E-state index in [2.05, 4.69) is 36.6 Å². The lowest BCUT2D eigenvalue weighted by Crippen LogP contribution is -2.46. The summed E-state index contributed by atoms with van der Waals surface area (Å²) >= 11 is 1.50. The molecule has 7 heteroatoms. The Kier molecular flexibility index (Phi) is 4.75. The number of hydrazine groups is 1. The molecule has 1 aromatic carbocycles. The van der Waals surface area contributed by atoms with E-state index in [1.165, 1.54) is 11.3 Å². The first-order chi connectivity index (χ1) is 13.0. The third kappa shape index (κ3) is 3.16. The minimum atomic E-state index is 0.0251. The summed E-state index contributed by atoms with van der Waals surface area (Å²) in [6.07, 6.45) is 1.96. The number of nitrogens with zero attached hydrogens (tertiary/aromatic N) is 3. The maximum absolute atomic E-state index is 13.2. The van der Waals surface area contributed by atoms with Crippen LogP contribution in [-0.4, -0.2) is 45.4 Å². The fraction of sp³-hybridized carbons (Fsp3) is 0.400. The van der Waals surface area contributed by atoms with Gasteiger partial charge in [-0.05, 0) is 20.8 Å². The molecule has 4 rings (SSSR count). The third-order valence-electron chi connectivity index (χ3n) is 5.68. The van der Waals surface area contributed by atoms with Crippen LogP contribution in [0.3, 0.4) is 0 Å². The highest BCUT2D eigenvalue weighted by Gasteiger charge is 2.37. The zero-order valence-electron chi connectivity index (χ0n) is 16.0. The Morgan fingerprint density at radius 3 is 2.56 bits per heavy atom. The van der Waals surface area contributed by atoms with Crippen LogP contribution in [0.2, 0.25) is 0 Å². The summed E-state index contributed by atoms with van der Waals surface area (Å²) in [7, 11) is 1.89. The van der Waals surface area contributed by atoms with Crippen LogP contribution in [0, 0.1) is 5.92 Å². The smallest absolute Gasteiger partial charge is 0.271 e. The first-order valence-electron chi connectivity index (χ1n) is 9.27. The fourth-order valence-electron chi connectivity index (χ4n) is 4.03. The predicted octanol–water partition coefficient (Wildman–Crippen LogP) is 3.02. The van der Waals surface area contributed by atoms with E-state index >= 15 is 0 Å². The Bertz CT molecular complexity index is 940. The molecule has 0 spiro atoms. The first-order valence-corrected chi connectivity index (χ1v) is 10.2. The number of rotatable bonds is 4. The molecule has 1 amide bonds. The molecule has 2 aromatic heterocycles. The van der Waals surface area contributed by atoms with E-state index in [9.17, 15) is 4.79 Å². The number of fused-ring (bicyclic) bond motifs is 1. The van der Waals surface area contributed by atoms with E-state index in [4.69, 9.17) is 0 Å². The average molecular weight is 384 g/mol. The van der Waals surface area contributed by atoms with Crippen molar-refractivity contribution in [3.05, 3.63) is 47.6 Å². The summed E-state index contributed by atoms with van der Waals surface area (Å²) in [5, 5.41) is 1.90. The second-order valence-corrected chi connectivity index (χ2v) is 8.20. The van der Waals surface area contributed by atoms with Crippen molar-refractivity contribution in [2.75, 3.05) is 7.05 Å². The molecule has 1 aliphatic heterocycles.